The number of rotatable bonds is 1. The number of hydrogen-bond donors (Lipinski definition) is 0. The van der Waals surface area contributed by atoms with Crippen molar-refractivity contribution in [1.29, 1.82) is 0 Å². The second-order valence-corrected chi connectivity index (χ2v) is 5.58. The van der Waals surface area contributed by atoms with Crippen molar-refractivity contribution in [2.45, 2.75) is 44.8 Å². The fourth-order valence-corrected chi connectivity index (χ4v) is 2.35. The predicted octanol–water partition coefficient (Wildman–Crippen LogP) is 2.46. The molecule has 0 aromatic carbocycles. The monoisotopic (exact) mass is 264 g/mol. The first kappa shape index (κ1) is 13.4. The smallest absolute Gasteiger partial charge is 0.395 e. The van der Waals surface area contributed by atoms with Crippen LogP contribution in [0.25, 0.3) is 0 Å². The molecule has 2 rings (SSSR count). The SMILES string of the molecule is CC(C)(C)OC(=O)C1C2C=CC(O2)C1C(F)(F)F. The molecule has 102 valence electrons. The molecule has 0 aromatic heterocycles. The molecule has 0 amide bonds. The summed E-state index contributed by atoms with van der Waals surface area (Å²) in [6.45, 7) is 4.87. The van der Waals surface area contributed by atoms with Gasteiger partial charge in [-0.15, -0.1) is 0 Å². The Morgan fingerprint density at radius 2 is 1.72 bits per heavy atom. The molecule has 18 heavy (non-hydrogen) atoms. The van der Waals surface area contributed by atoms with Crippen molar-refractivity contribution in [3.8, 4) is 0 Å². The van der Waals surface area contributed by atoms with Gasteiger partial charge >= 0.3 is 12.1 Å². The number of halogens is 3. The molecule has 0 spiro atoms. The van der Waals surface area contributed by atoms with Gasteiger partial charge in [0, 0.05) is 0 Å². The van der Waals surface area contributed by atoms with Crippen LogP contribution in [0.15, 0.2) is 12.2 Å². The maximum Gasteiger partial charge on any atom is 0.395 e. The summed E-state index contributed by atoms with van der Waals surface area (Å²) in [6.07, 6.45) is -3.49. The Kier molecular flexibility index (Phi) is 2.96. The predicted molar refractivity (Wildman–Crippen MR) is 56.7 cm³/mol. The van der Waals surface area contributed by atoms with Crippen LogP contribution in [0.2, 0.25) is 0 Å². The van der Waals surface area contributed by atoms with E-state index in [-0.39, 0.29) is 0 Å². The second-order valence-electron chi connectivity index (χ2n) is 5.58. The summed E-state index contributed by atoms with van der Waals surface area (Å²) in [7, 11) is 0. The Bertz CT molecular complexity index is 381. The third-order valence-electron chi connectivity index (χ3n) is 2.96. The zero-order chi connectivity index (χ0) is 13.7. The summed E-state index contributed by atoms with van der Waals surface area (Å²) in [6, 6.07) is 0. The molecular formula is C12H15F3O3. The van der Waals surface area contributed by atoms with Gasteiger partial charge < -0.3 is 9.47 Å². The van der Waals surface area contributed by atoms with Crippen molar-refractivity contribution >= 4 is 5.97 Å². The van der Waals surface area contributed by atoms with Gasteiger partial charge in [0.05, 0.1) is 12.2 Å². The fraction of sp³-hybridized carbons (Fsp3) is 0.750. The Morgan fingerprint density at radius 3 is 2.22 bits per heavy atom. The Labute approximate surface area is 103 Å². The van der Waals surface area contributed by atoms with Gasteiger partial charge in [0.1, 0.15) is 17.4 Å². The highest BCUT2D eigenvalue weighted by Crippen LogP contribution is 2.48. The highest BCUT2D eigenvalue weighted by atomic mass is 19.4. The standard InChI is InChI=1S/C12H15F3O3/c1-11(2,3)18-10(16)8-6-4-5-7(17-6)9(8)12(13,14)15/h4-9H,1-3H3. The van der Waals surface area contributed by atoms with Crippen molar-refractivity contribution in [3.63, 3.8) is 0 Å². The lowest BCUT2D eigenvalue weighted by Gasteiger charge is -2.28. The highest BCUT2D eigenvalue weighted by Gasteiger charge is 2.61. The number of carbonyl (C=O) groups excluding carboxylic acids is 1. The van der Waals surface area contributed by atoms with Crippen LogP contribution < -0.4 is 0 Å². The van der Waals surface area contributed by atoms with Gasteiger partial charge in [-0.05, 0) is 20.8 Å². The molecule has 0 radical (unpaired) electrons. The molecule has 1 saturated heterocycles. The topological polar surface area (TPSA) is 35.5 Å². The van der Waals surface area contributed by atoms with E-state index in [2.05, 4.69) is 0 Å². The molecule has 2 heterocycles. The van der Waals surface area contributed by atoms with E-state index >= 15 is 0 Å². The molecule has 4 atom stereocenters. The van der Waals surface area contributed by atoms with Gasteiger partial charge in [-0.3, -0.25) is 4.79 Å². The molecule has 2 aliphatic heterocycles. The van der Waals surface area contributed by atoms with Crippen molar-refractivity contribution < 1.29 is 27.4 Å². The van der Waals surface area contributed by atoms with Crippen LogP contribution in [0.5, 0.6) is 0 Å². The van der Waals surface area contributed by atoms with Gasteiger partial charge in [0.2, 0.25) is 0 Å². The van der Waals surface area contributed by atoms with Crippen molar-refractivity contribution in [3.05, 3.63) is 12.2 Å². The van der Waals surface area contributed by atoms with E-state index < -0.39 is 41.8 Å². The normalized spacial score (nSPS) is 35.0. The first-order chi connectivity index (χ1) is 8.09. The van der Waals surface area contributed by atoms with E-state index in [4.69, 9.17) is 9.47 Å². The first-order valence-electron chi connectivity index (χ1n) is 5.73. The minimum atomic E-state index is -4.47. The van der Waals surface area contributed by atoms with Crippen LogP contribution >= 0.6 is 0 Å². The molecule has 4 unspecified atom stereocenters. The maximum atomic E-state index is 12.9. The number of hydrogen-bond acceptors (Lipinski definition) is 3. The highest BCUT2D eigenvalue weighted by molar-refractivity contribution is 5.75. The molecule has 2 aliphatic rings. The van der Waals surface area contributed by atoms with Gasteiger partial charge in [-0.25, -0.2) is 0 Å². The van der Waals surface area contributed by atoms with Crippen LogP contribution in [0.4, 0.5) is 13.2 Å². The quantitative estimate of drug-likeness (QED) is 0.539. The summed E-state index contributed by atoms with van der Waals surface area (Å²) in [4.78, 5) is 11.9. The number of carbonyl (C=O) groups is 1. The lowest BCUT2D eigenvalue weighted by Crippen LogP contribution is -2.43. The Morgan fingerprint density at radius 1 is 1.17 bits per heavy atom. The van der Waals surface area contributed by atoms with Gasteiger partial charge in [0.25, 0.3) is 0 Å². The lowest BCUT2D eigenvalue weighted by molar-refractivity contribution is -0.201. The maximum absolute atomic E-state index is 12.9. The van der Waals surface area contributed by atoms with E-state index in [1.807, 2.05) is 0 Å². The van der Waals surface area contributed by atoms with E-state index in [0.29, 0.717) is 0 Å². The third-order valence-corrected chi connectivity index (χ3v) is 2.96. The molecule has 0 aromatic rings. The molecule has 0 N–H and O–H groups in total. The zero-order valence-electron chi connectivity index (χ0n) is 10.3. The number of esters is 1. The number of ether oxygens (including phenoxy) is 2. The second kappa shape index (κ2) is 3.98. The van der Waals surface area contributed by atoms with E-state index in [9.17, 15) is 18.0 Å². The average Bonchev–Trinajstić information content (AvgIpc) is 2.71. The van der Waals surface area contributed by atoms with Crippen LogP contribution in [0.1, 0.15) is 20.8 Å². The third kappa shape index (κ3) is 2.39. The van der Waals surface area contributed by atoms with Crippen molar-refractivity contribution in [2.24, 2.45) is 11.8 Å². The van der Waals surface area contributed by atoms with Gasteiger partial charge in [-0.2, -0.15) is 13.2 Å². The van der Waals surface area contributed by atoms with Crippen LogP contribution in [-0.4, -0.2) is 30.0 Å². The molecule has 3 nitrogen and oxygen atoms in total. The number of alkyl halides is 3. The first-order valence-corrected chi connectivity index (χ1v) is 5.73. The van der Waals surface area contributed by atoms with Crippen LogP contribution in [0, 0.1) is 11.8 Å². The molecule has 6 heteroatoms. The molecular weight excluding hydrogens is 249 g/mol. The molecule has 1 fully saturated rings. The summed E-state index contributed by atoms with van der Waals surface area (Å²) in [5, 5.41) is 0. The van der Waals surface area contributed by atoms with E-state index in [1.54, 1.807) is 20.8 Å². The summed E-state index contributed by atoms with van der Waals surface area (Å²) >= 11 is 0. The minimum Gasteiger partial charge on any atom is -0.460 e. The van der Waals surface area contributed by atoms with Crippen molar-refractivity contribution in [2.75, 3.05) is 0 Å². The molecule has 0 saturated carbocycles. The summed E-state index contributed by atoms with van der Waals surface area (Å²) in [5.41, 5.74) is -0.807. The minimum absolute atomic E-state index is 0.807. The Balaban J connectivity index is 2.21. The largest absolute Gasteiger partial charge is 0.460 e. The van der Waals surface area contributed by atoms with Gasteiger partial charge in [-0.1, -0.05) is 12.2 Å². The lowest BCUT2D eigenvalue weighted by atomic mass is 9.82. The zero-order valence-corrected chi connectivity index (χ0v) is 10.3. The summed E-state index contributed by atoms with van der Waals surface area (Å²) < 4.78 is 49.0. The fourth-order valence-electron chi connectivity index (χ4n) is 2.35. The van der Waals surface area contributed by atoms with E-state index in [0.717, 1.165) is 0 Å². The van der Waals surface area contributed by atoms with Gasteiger partial charge in [0.15, 0.2) is 0 Å². The average molecular weight is 264 g/mol. The van der Waals surface area contributed by atoms with Crippen molar-refractivity contribution in [1.82, 2.24) is 0 Å². The Hall–Kier alpha value is -1.04. The molecule has 0 aliphatic carbocycles. The number of fused-ring (bicyclic) bond motifs is 2. The van der Waals surface area contributed by atoms with Crippen LogP contribution in [0.3, 0.4) is 0 Å². The summed E-state index contributed by atoms with van der Waals surface area (Å²) in [5.74, 6) is -3.94. The van der Waals surface area contributed by atoms with E-state index in [1.165, 1.54) is 12.2 Å². The van der Waals surface area contributed by atoms with Crippen LogP contribution in [-0.2, 0) is 14.3 Å². The molecule has 2 bridgehead atoms.